The molecule has 1 fully saturated rings. The van der Waals surface area contributed by atoms with E-state index in [-0.39, 0.29) is 18.0 Å². The SMILES string of the molecule is CN(C)C(=O)Nc1cccc(C(=O)N2CCCC2CN)c1. The maximum atomic E-state index is 12.5. The summed E-state index contributed by atoms with van der Waals surface area (Å²) in [5.41, 5.74) is 6.90. The number of nitrogens with one attached hydrogen (secondary N) is 1. The summed E-state index contributed by atoms with van der Waals surface area (Å²) in [6.45, 7) is 1.23. The number of urea groups is 1. The lowest BCUT2D eigenvalue weighted by molar-refractivity contribution is 0.0741. The van der Waals surface area contributed by atoms with Gasteiger partial charge in [0.25, 0.3) is 5.91 Å². The Labute approximate surface area is 124 Å². The van der Waals surface area contributed by atoms with E-state index in [4.69, 9.17) is 5.73 Å². The Bertz CT molecular complexity index is 530. The van der Waals surface area contributed by atoms with Crippen LogP contribution < -0.4 is 11.1 Å². The molecule has 0 aromatic heterocycles. The van der Waals surface area contributed by atoms with Crippen LogP contribution in [0, 0.1) is 0 Å². The van der Waals surface area contributed by atoms with Gasteiger partial charge in [-0.1, -0.05) is 6.07 Å². The molecule has 0 radical (unpaired) electrons. The number of likely N-dealkylation sites (tertiary alicyclic amines) is 1. The van der Waals surface area contributed by atoms with Crippen LogP contribution in [0.1, 0.15) is 23.2 Å². The minimum Gasteiger partial charge on any atom is -0.334 e. The Morgan fingerprint density at radius 2 is 2.19 bits per heavy atom. The standard InChI is InChI=1S/C15H22N4O2/c1-18(2)15(21)17-12-6-3-5-11(9-12)14(20)19-8-4-7-13(19)10-16/h3,5-6,9,13H,4,7-8,10,16H2,1-2H3,(H,17,21). The Balaban J connectivity index is 2.13. The molecule has 1 aliphatic rings. The summed E-state index contributed by atoms with van der Waals surface area (Å²) < 4.78 is 0. The highest BCUT2D eigenvalue weighted by Gasteiger charge is 2.28. The summed E-state index contributed by atoms with van der Waals surface area (Å²) >= 11 is 0. The van der Waals surface area contributed by atoms with Gasteiger partial charge in [0.2, 0.25) is 0 Å². The number of nitrogens with two attached hydrogens (primary N) is 1. The zero-order chi connectivity index (χ0) is 15.4. The lowest BCUT2D eigenvalue weighted by Crippen LogP contribution is -2.39. The van der Waals surface area contributed by atoms with Gasteiger partial charge in [0.1, 0.15) is 0 Å². The summed E-state index contributed by atoms with van der Waals surface area (Å²) in [5, 5.41) is 2.74. The highest BCUT2D eigenvalue weighted by molar-refractivity contribution is 5.97. The van der Waals surface area contributed by atoms with Crippen molar-refractivity contribution in [3.8, 4) is 0 Å². The predicted molar refractivity (Wildman–Crippen MR) is 82.3 cm³/mol. The van der Waals surface area contributed by atoms with E-state index in [9.17, 15) is 9.59 Å². The Morgan fingerprint density at radius 3 is 2.86 bits per heavy atom. The van der Waals surface area contributed by atoms with E-state index in [1.54, 1.807) is 38.4 Å². The summed E-state index contributed by atoms with van der Waals surface area (Å²) in [7, 11) is 3.33. The Hall–Kier alpha value is -2.08. The average Bonchev–Trinajstić information content (AvgIpc) is 2.95. The van der Waals surface area contributed by atoms with Crippen molar-refractivity contribution in [3.63, 3.8) is 0 Å². The van der Waals surface area contributed by atoms with Gasteiger partial charge in [-0.2, -0.15) is 0 Å². The van der Waals surface area contributed by atoms with Crippen LogP contribution in [0.15, 0.2) is 24.3 Å². The molecule has 6 nitrogen and oxygen atoms in total. The lowest BCUT2D eigenvalue weighted by Gasteiger charge is -2.23. The molecule has 6 heteroatoms. The molecule has 1 aromatic carbocycles. The van der Waals surface area contributed by atoms with Crippen molar-refractivity contribution >= 4 is 17.6 Å². The fourth-order valence-electron chi connectivity index (χ4n) is 2.48. The molecule has 21 heavy (non-hydrogen) atoms. The summed E-state index contributed by atoms with van der Waals surface area (Å²) in [5.74, 6) is -0.0242. The van der Waals surface area contributed by atoms with Crippen LogP contribution in [0.2, 0.25) is 0 Å². The maximum Gasteiger partial charge on any atom is 0.321 e. The number of hydrogen-bond acceptors (Lipinski definition) is 3. The molecule has 2 rings (SSSR count). The van der Waals surface area contributed by atoms with E-state index in [0.717, 1.165) is 19.4 Å². The van der Waals surface area contributed by atoms with Gasteiger partial charge in [-0.25, -0.2) is 4.79 Å². The third-order valence-corrected chi connectivity index (χ3v) is 3.68. The van der Waals surface area contributed by atoms with Crippen molar-refractivity contribution in [2.45, 2.75) is 18.9 Å². The fourth-order valence-corrected chi connectivity index (χ4v) is 2.48. The van der Waals surface area contributed by atoms with Crippen LogP contribution in [-0.4, -0.2) is 55.0 Å². The molecule has 0 aliphatic carbocycles. The highest BCUT2D eigenvalue weighted by atomic mass is 16.2. The molecule has 114 valence electrons. The number of hydrogen-bond donors (Lipinski definition) is 2. The molecule has 1 aromatic rings. The first-order chi connectivity index (χ1) is 10.0. The normalized spacial score (nSPS) is 17.7. The molecule has 3 N–H and O–H groups in total. The van der Waals surface area contributed by atoms with Gasteiger partial charge >= 0.3 is 6.03 Å². The first-order valence-corrected chi connectivity index (χ1v) is 7.12. The number of anilines is 1. The van der Waals surface area contributed by atoms with Crippen LogP contribution in [0.3, 0.4) is 0 Å². The Kier molecular flexibility index (Phi) is 4.80. The monoisotopic (exact) mass is 290 g/mol. The predicted octanol–water partition coefficient (Wildman–Crippen LogP) is 1.34. The van der Waals surface area contributed by atoms with Crippen molar-refractivity contribution in [1.82, 2.24) is 9.80 Å². The highest BCUT2D eigenvalue weighted by Crippen LogP contribution is 2.20. The van der Waals surface area contributed by atoms with Crippen molar-refractivity contribution in [2.24, 2.45) is 5.73 Å². The van der Waals surface area contributed by atoms with Gasteiger partial charge in [-0.3, -0.25) is 4.79 Å². The lowest BCUT2D eigenvalue weighted by atomic mass is 10.1. The van der Waals surface area contributed by atoms with Gasteiger partial charge in [-0.05, 0) is 31.0 Å². The fraction of sp³-hybridized carbons (Fsp3) is 0.467. The molecule has 1 heterocycles. The van der Waals surface area contributed by atoms with E-state index in [0.29, 0.717) is 17.8 Å². The van der Waals surface area contributed by atoms with Crippen LogP contribution in [0.4, 0.5) is 10.5 Å². The number of nitrogens with zero attached hydrogens (tertiary/aromatic N) is 2. The summed E-state index contributed by atoms with van der Waals surface area (Å²) in [6, 6.07) is 6.90. The molecule has 1 atom stereocenters. The molecule has 0 spiro atoms. The van der Waals surface area contributed by atoms with Gasteiger partial charge < -0.3 is 20.9 Å². The third-order valence-electron chi connectivity index (χ3n) is 3.68. The van der Waals surface area contributed by atoms with Crippen LogP contribution in [0.5, 0.6) is 0 Å². The molecular formula is C15H22N4O2. The Morgan fingerprint density at radius 1 is 1.43 bits per heavy atom. The number of benzene rings is 1. The quantitative estimate of drug-likeness (QED) is 0.882. The van der Waals surface area contributed by atoms with E-state index in [1.165, 1.54) is 4.90 Å². The topological polar surface area (TPSA) is 78.7 Å². The second-order valence-corrected chi connectivity index (χ2v) is 5.44. The number of rotatable bonds is 3. The van der Waals surface area contributed by atoms with E-state index >= 15 is 0 Å². The summed E-state index contributed by atoms with van der Waals surface area (Å²) in [4.78, 5) is 27.5. The largest absolute Gasteiger partial charge is 0.334 e. The molecular weight excluding hydrogens is 268 g/mol. The van der Waals surface area contributed by atoms with Crippen molar-refractivity contribution in [2.75, 3.05) is 32.5 Å². The first kappa shape index (κ1) is 15.3. The molecule has 3 amide bonds. The van der Waals surface area contributed by atoms with E-state index < -0.39 is 0 Å². The minimum absolute atomic E-state index is 0.0242. The molecule has 1 unspecified atom stereocenters. The first-order valence-electron chi connectivity index (χ1n) is 7.12. The number of carbonyl (C=O) groups is 2. The summed E-state index contributed by atoms with van der Waals surface area (Å²) in [6.07, 6.45) is 1.95. The van der Waals surface area contributed by atoms with Crippen molar-refractivity contribution in [1.29, 1.82) is 0 Å². The minimum atomic E-state index is -0.222. The van der Waals surface area contributed by atoms with E-state index in [2.05, 4.69) is 5.32 Å². The number of amides is 3. The second kappa shape index (κ2) is 6.58. The molecule has 1 aliphatic heterocycles. The van der Waals surface area contributed by atoms with Gasteiger partial charge in [-0.15, -0.1) is 0 Å². The van der Waals surface area contributed by atoms with Gasteiger partial charge in [0.15, 0.2) is 0 Å². The van der Waals surface area contributed by atoms with Crippen molar-refractivity contribution in [3.05, 3.63) is 29.8 Å². The van der Waals surface area contributed by atoms with Gasteiger partial charge in [0.05, 0.1) is 0 Å². The number of carbonyl (C=O) groups excluding carboxylic acids is 2. The van der Waals surface area contributed by atoms with Gasteiger partial charge in [0, 0.05) is 44.5 Å². The zero-order valence-corrected chi connectivity index (χ0v) is 12.5. The molecule has 1 saturated heterocycles. The second-order valence-electron chi connectivity index (χ2n) is 5.44. The maximum absolute atomic E-state index is 12.5. The van der Waals surface area contributed by atoms with Crippen LogP contribution in [-0.2, 0) is 0 Å². The zero-order valence-electron chi connectivity index (χ0n) is 12.5. The molecule has 0 saturated carbocycles. The molecule has 0 bridgehead atoms. The van der Waals surface area contributed by atoms with Crippen LogP contribution >= 0.6 is 0 Å². The third kappa shape index (κ3) is 3.52. The van der Waals surface area contributed by atoms with E-state index in [1.807, 2.05) is 4.90 Å². The van der Waals surface area contributed by atoms with Crippen LogP contribution in [0.25, 0.3) is 0 Å². The average molecular weight is 290 g/mol. The smallest absolute Gasteiger partial charge is 0.321 e. The van der Waals surface area contributed by atoms with Crippen molar-refractivity contribution < 1.29 is 9.59 Å².